The summed E-state index contributed by atoms with van der Waals surface area (Å²) in [4.78, 5) is 13.2. The van der Waals surface area contributed by atoms with E-state index in [1.54, 1.807) is 27.0 Å². The van der Waals surface area contributed by atoms with Crippen LogP contribution in [0.5, 0.6) is 5.75 Å². The number of rotatable bonds is 5. The molecule has 5 heteroatoms. The van der Waals surface area contributed by atoms with Gasteiger partial charge in [-0.15, -0.1) is 0 Å². The van der Waals surface area contributed by atoms with Crippen molar-refractivity contribution in [2.75, 3.05) is 7.11 Å². The Morgan fingerprint density at radius 1 is 1.07 bits per heavy atom. The zero-order valence-corrected chi connectivity index (χ0v) is 19.2. The molecule has 30 heavy (non-hydrogen) atoms. The quantitative estimate of drug-likeness (QED) is 0.599. The summed E-state index contributed by atoms with van der Waals surface area (Å²) in [6, 6.07) is 11.3. The summed E-state index contributed by atoms with van der Waals surface area (Å²) in [5, 5.41) is 11.7. The van der Waals surface area contributed by atoms with Crippen molar-refractivity contribution in [3.05, 3.63) is 58.3 Å². The SMILES string of the molecule is CCc1cc(-c2cc(Cl)ccc2OC)ccc1C1=C(O)C(C)(CC)OC(C)(C)C1=O. The van der Waals surface area contributed by atoms with Crippen LogP contribution in [0.3, 0.4) is 0 Å². The van der Waals surface area contributed by atoms with Gasteiger partial charge in [-0.05, 0) is 68.5 Å². The molecule has 4 nitrogen and oxygen atoms in total. The second kappa shape index (κ2) is 8.09. The van der Waals surface area contributed by atoms with Crippen molar-refractivity contribution in [3.8, 4) is 16.9 Å². The summed E-state index contributed by atoms with van der Waals surface area (Å²) in [5.74, 6) is 0.504. The molecule has 0 bridgehead atoms. The van der Waals surface area contributed by atoms with Crippen LogP contribution in [0.4, 0.5) is 0 Å². The second-order valence-electron chi connectivity index (χ2n) is 8.32. The number of Topliss-reactive ketones (excluding diaryl/α,β-unsaturated/α-hetero) is 1. The standard InChI is InChI=1S/C25H29ClO4/c1-7-15-13-16(19-14-17(26)10-12-20(19)29-6)9-11-18(15)21-22(27)24(3,4)30-25(5,8-2)23(21)28/h9-14,28H,7-8H2,1-6H3. The van der Waals surface area contributed by atoms with Crippen molar-refractivity contribution in [2.45, 2.75) is 58.7 Å². The Morgan fingerprint density at radius 2 is 1.77 bits per heavy atom. The Bertz CT molecular complexity index is 1020. The highest BCUT2D eigenvalue weighted by molar-refractivity contribution is 6.31. The van der Waals surface area contributed by atoms with Crippen molar-refractivity contribution in [2.24, 2.45) is 0 Å². The summed E-state index contributed by atoms with van der Waals surface area (Å²) in [6.07, 6.45) is 1.25. The number of ketones is 1. The highest BCUT2D eigenvalue weighted by Gasteiger charge is 2.48. The van der Waals surface area contributed by atoms with Crippen LogP contribution in [0.25, 0.3) is 16.7 Å². The molecule has 2 aromatic carbocycles. The van der Waals surface area contributed by atoms with Crippen molar-refractivity contribution in [3.63, 3.8) is 0 Å². The molecular weight excluding hydrogens is 400 g/mol. The predicted octanol–water partition coefficient (Wildman–Crippen LogP) is 6.39. The summed E-state index contributed by atoms with van der Waals surface area (Å²) in [7, 11) is 1.62. The van der Waals surface area contributed by atoms with Crippen LogP contribution >= 0.6 is 11.6 Å². The van der Waals surface area contributed by atoms with E-state index in [-0.39, 0.29) is 11.5 Å². The van der Waals surface area contributed by atoms with Crippen molar-refractivity contribution in [1.29, 1.82) is 0 Å². The molecule has 1 atom stereocenters. The molecule has 0 aliphatic carbocycles. The molecule has 3 rings (SSSR count). The molecule has 2 aromatic rings. The van der Waals surface area contributed by atoms with Crippen LogP contribution in [-0.4, -0.2) is 29.2 Å². The number of methoxy groups -OCH3 is 1. The van der Waals surface area contributed by atoms with E-state index in [1.165, 1.54) is 0 Å². The topological polar surface area (TPSA) is 55.8 Å². The van der Waals surface area contributed by atoms with Crippen molar-refractivity contribution >= 4 is 23.0 Å². The van der Waals surface area contributed by atoms with E-state index < -0.39 is 11.2 Å². The lowest BCUT2D eigenvalue weighted by molar-refractivity contribution is -0.162. The molecule has 1 heterocycles. The first-order chi connectivity index (χ1) is 14.1. The number of aliphatic hydroxyl groups excluding tert-OH is 1. The van der Waals surface area contributed by atoms with Gasteiger partial charge in [0.05, 0.1) is 12.7 Å². The number of hydrogen-bond donors (Lipinski definition) is 1. The van der Waals surface area contributed by atoms with E-state index in [4.69, 9.17) is 21.1 Å². The highest BCUT2D eigenvalue weighted by Crippen LogP contribution is 2.43. The summed E-state index contributed by atoms with van der Waals surface area (Å²) in [5.41, 5.74) is 1.92. The first-order valence-corrected chi connectivity index (χ1v) is 10.6. The predicted molar refractivity (Wildman–Crippen MR) is 121 cm³/mol. The minimum Gasteiger partial charge on any atom is -0.508 e. The summed E-state index contributed by atoms with van der Waals surface area (Å²) >= 11 is 6.21. The van der Waals surface area contributed by atoms with Gasteiger partial charge in [-0.2, -0.15) is 0 Å². The lowest BCUT2D eigenvalue weighted by Gasteiger charge is -2.42. The number of carbonyl (C=O) groups excluding carboxylic acids is 1. The van der Waals surface area contributed by atoms with Crippen LogP contribution in [0, 0.1) is 0 Å². The maximum atomic E-state index is 13.2. The number of ether oxygens (including phenoxy) is 2. The van der Waals surface area contributed by atoms with E-state index in [1.807, 2.05) is 51.1 Å². The first kappa shape index (κ1) is 22.4. The zero-order chi connectivity index (χ0) is 22.3. The molecule has 0 radical (unpaired) electrons. The third-order valence-electron chi connectivity index (χ3n) is 5.89. The van der Waals surface area contributed by atoms with E-state index in [9.17, 15) is 9.90 Å². The van der Waals surface area contributed by atoms with Crippen LogP contribution in [-0.2, 0) is 16.0 Å². The molecule has 0 saturated heterocycles. The van der Waals surface area contributed by atoms with Gasteiger partial charge in [-0.1, -0.05) is 43.6 Å². The summed E-state index contributed by atoms with van der Waals surface area (Å²) < 4.78 is 11.5. The number of halogens is 1. The highest BCUT2D eigenvalue weighted by atomic mass is 35.5. The average molecular weight is 429 g/mol. The number of hydrogen-bond acceptors (Lipinski definition) is 4. The summed E-state index contributed by atoms with van der Waals surface area (Å²) in [6.45, 7) is 9.31. The van der Waals surface area contributed by atoms with E-state index >= 15 is 0 Å². The average Bonchev–Trinajstić information content (AvgIpc) is 2.72. The van der Waals surface area contributed by atoms with Crippen molar-refractivity contribution < 1.29 is 19.4 Å². The number of aliphatic hydroxyl groups is 1. The fourth-order valence-electron chi connectivity index (χ4n) is 4.02. The smallest absolute Gasteiger partial charge is 0.198 e. The normalized spacial score (nSPS) is 21.1. The van der Waals surface area contributed by atoms with Gasteiger partial charge in [0, 0.05) is 10.6 Å². The van der Waals surface area contributed by atoms with Gasteiger partial charge in [0.1, 0.15) is 22.7 Å². The molecule has 0 amide bonds. The maximum absolute atomic E-state index is 13.2. The van der Waals surface area contributed by atoms with Gasteiger partial charge in [-0.25, -0.2) is 0 Å². The molecule has 1 N–H and O–H groups in total. The van der Waals surface area contributed by atoms with E-state index in [0.29, 0.717) is 23.4 Å². The molecule has 1 unspecified atom stereocenters. The van der Waals surface area contributed by atoms with Crippen LogP contribution in [0.15, 0.2) is 42.2 Å². The molecule has 1 aliphatic heterocycles. The number of benzene rings is 2. The Morgan fingerprint density at radius 3 is 2.37 bits per heavy atom. The van der Waals surface area contributed by atoms with Crippen LogP contribution in [0.1, 0.15) is 52.2 Å². The molecule has 0 saturated carbocycles. The van der Waals surface area contributed by atoms with Gasteiger partial charge in [-0.3, -0.25) is 4.79 Å². The van der Waals surface area contributed by atoms with Gasteiger partial charge >= 0.3 is 0 Å². The minimum absolute atomic E-state index is 0.00267. The monoisotopic (exact) mass is 428 g/mol. The Labute approximate surface area is 183 Å². The Kier molecular flexibility index (Phi) is 6.03. The minimum atomic E-state index is -1.02. The van der Waals surface area contributed by atoms with Gasteiger partial charge < -0.3 is 14.6 Å². The lowest BCUT2D eigenvalue weighted by atomic mass is 9.79. The van der Waals surface area contributed by atoms with Crippen LogP contribution in [0.2, 0.25) is 5.02 Å². The Balaban J connectivity index is 2.22. The van der Waals surface area contributed by atoms with Gasteiger partial charge in [0.25, 0.3) is 0 Å². The van der Waals surface area contributed by atoms with E-state index in [0.717, 1.165) is 28.0 Å². The zero-order valence-electron chi connectivity index (χ0n) is 18.4. The third-order valence-corrected chi connectivity index (χ3v) is 6.13. The molecule has 0 fully saturated rings. The number of aryl methyl sites for hydroxylation is 1. The number of carbonyl (C=O) groups is 1. The third kappa shape index (κ3) is 3.75. The van der Waals surface area contributed by atoms with Gasteiger partial charge in [0.2, 0.25) is 0 Å². The molecule has 160 valence electrons. The van der Waals surface area contributed by atoms with Gasteiger partial charge in [0.15, 0.2) is 5.78 Å². The van der Waals surface area contributed by atoms with Crippen molar-refractivity contribution in [1.82, 2.24) is 0 Å². The fourth-order valence-corrected chi connectivity index (χ4v) is 4.20. The van der Waals surface area contributed by atoms with E-state index in [2.05, 4.69) is 0 Å². The lowest BCUT2D eigenvalue weighted by Crippen LogP contribution is -2.50. The molecule has 1 aliphatic rings. The Hall–Kier alpha value is -2.30. The fraction of sp³-hybridized carbons (Fsp3) is 0.400. The second-order valence-corrected chi connectivity index (χ2v) is 8.76. The first-order valence-electron chi connectivity index (χ1n) is 10.2. The maximum Gasteiger partial charge on any atom is 0.198 e. The molecule has 0 spiro atoms. The van der Waals surface area contributed by atoms with Crippen LogP contribution < -0.4 is 4.74 Å². The molecule has 0 aromatic heterocycles. The molecular formula is C25H29ClO4. The largest absolute Gasteiger partial charge is 0.508 e.